The average Bonchev–Trinajstić information content (AvgIpc) is 3.08. The van der Waals surface area contributed by atoms with Gasteiger partial charge in [0.2, 0.25) is 5.91 Å². The highest BCUT2D eigenvalue weighted by atomic mass is 19.1. The predicted molar refractivity (Wildman–Crippen MR) is 175 cm³/mol. The van der Waals surface area contributed by atoms with Gasteiger partial charge in [-0.2, -0.15) is 0 Å². The van der Waals surface area contributed by atoms with Gasteiger partial charge in [0.1, 0.15) is 5.82 Å². The first-order chi connectivity index (χ1) is 22.9. The van der Waals surface area contributed by atoms with E-state index < -0.39 is 17.9 Å². The number of carbonyl (C=O) groups is 6. The number of hydrogen-bond acceptors (Lipinski definition) is 8. The Morgan fingerprint density at radius 2 is 1.44 bits per heavy atom. The van der Waals surface area contributed by atoms with Crippen LogP contribution in [0.5, 0.6) is 0 Å². The average molecular weight is 662 g/mol. The van der Waals surface area contributed by atoms with Gasteiger partial charge in [-0.1, -0.05) is 12.1 Å². The van der Waals surface area contributed by atoms with E-state index in [-0.39, 0.29) is 34.9 Å². The van der Waals surface area contributed by atoms with Gasteiger partial charge in [-0.15, -0.1) is 0 Å². The number of anilines is 2. The number of aliphatic carboxylic acids is 2. The molecule has 0 atom stereocenters. The Balaban J connectivity index is 0.000000694. The van der Waals surface area contributed by atoms with E-state index in [9.17, 15) is 33.2 Å². The number of hydrogen-bond donors (Lipinski definition) is 3. The number of ether oxygens (including phenoxy) is 1. The molecule has 0 radical (unpaired) electrons. The summed E-state index contributed by atoms with van der Waals surface area (Å²) in [4.78, 5) is 73.4. The molecule has 0 spiro atoms. The lowest BCUT2D eigenvalue weighted by Gasteiger charge is -2.33. The largest absolute Gasteiger partial charge is 0.478 e. The zero-order valence-corrected chi connectivity index (χ0v) is 26.4. The number of carboxylic acid groups (broad SMARTS) is 2. The number of halogens is 1. The van der Waals surface area contributed by atoms with Gasteiger partial charge in [0.15, 0.2) is 5.78 Å². The summed E-state index contributed by atoms with van der Waals surface area (Å²) < 4.78 is 18.2. The Labute approximate surface area is 276 Å². The second kappa shape index (κ2) is 17.9. The van der Waals surface area contributed by atoms with Crippen LogP contribution in [0.25, 0.3) is 0 Å². The van der Waals surface area contributed by atoms with Crippen LogP contribution in [0.3, 0.4) is 0 Å². The Bertz CT molecular complexity index is 1630. The summed E-state index contributed by atoms with van der Waals surface area (Å²) in [5, 5.41) is 18.3. The van der Waals surface area contributed by atoms with Crippen LogP contribution in [0.2, 0.25) is 0 Å². The van der Waals surface area contributed by atoms with Gasteiger partial charge in [-0.25, -0.2) is 18.8 Å². The van der Waals surface area contributed by atoms with Gasteiger partial charge in [-0.3, -0.25) is 14.4 Å². The number of nitrogens with one attached hydrogen (secondary N) is 1. The third kappa shape index (κ3) is 11.0. The normalized spacial score (nSPS) is 13.1. The Morgan fingerprint density at radius 3 is 1.98 bits per heavy atom. The number of carbonyl (C=O) groups excluding carboxylic acids is 4. The number of rotatable bonds is 11. The standard InChI is InChI=1S/C31H32FN3O5.C4H4O4/c1-21(36)33-26-13-9-24(10-14-26)30(38)35(28-6-4-3-5-27(28)31(39)40-2)20-19-34-17-15-23(16-18-34)29(37)22-7-11-25(32)12-8-22;5-3(6)1-2-4(7)8/h3-14,23H,15-20H2,1-2H3,(H,33,36);1-2H,(H,5,6)(H,7,8). The first kappa shape index (κ1) is 36.8. The summed E-state index contributed by atoms with van der Waals surface area (Å²) in [6, 6.07) is 19.0. The number of methoxy groups -OCH3 is 1. The van der Waals surface area contributed by atoms with Crippen molar-refractivity contribution in [2.45, 2.75) is 19.8 Å². The van der Waals surface area contributed by atoms with Gasteiger partial charge in [0.25, 0.3) is 5.91 Å². The van der Waals surface area contributed by atoms with Crippen molar-refractivity contribution in [2.75, 3.05) is 43.5 Å². The van der Waals surface area contributed by atoms with Crippen LogP contribution in [-0.2, 0) is 19.1 Å². The molecule has 1 aliphatic heterocycles. The Hall–Kier alpha value is -5.69. The van der Waals surface area contributed by atoms with Crippen molar-refractivity contribution in [3.63, 3.8) is 0 Å². The minimum Gasteiger partial charge on any atom is -0.478 e. The Kier molecular flexibility index (Phi) is 13.7. The number of ketones is 1. The monoisotopic (exact) mass is 661 g/mol. The summed E-state index contributed by atoms with van der Waals surface area (Å²) in [6.45, 7) is 3.58. The lowest BCUT2D eigenvalue weighted by molar-refractivity contribution is -0.134. The first-order valence-electron chi connectivity index (χ1n) is 14.9. The van der Waals surface area contributed by atoms with Crippen molar-refractivity contribution < 1.29 is 48.1 Å². The second-order valence-corrected chi connectivity index (χ2v) is 10.7. The number of carboxylic acids is 2. The maximum absolute atomic E-state index is 13.7. The highest BCUT2D eigenvalue weighted by Gasteiger charge is 2.28. The van der Waals surface area contributed by atoms with Crippen LogP contribution in [0.1, 0.15) is 50.8 Å². The molecule has 252 valence electrons. The summed E-state index contributed by atoms with van der Waals surface area (Å²) >= 11 is 0. The Morgan fingerprint density at radius 1 is 0.875 bits per heavy atom. The minimum absolute atomic E-state index is 0.0196. The number of benzene rings is 3. The molecule has 1 saturated heterocycles. The van der Waals surface area contributed by atoms with E-state index in [0.717, 1.165) is 0 Å². The molecule has 4 rings (SSSR count). The fraction of sp³-hybridized carbons (Fsp3) is 0.257. The fourth-order valence-corrected chi connectivity index (χ4v) is 5.03. The van der Waals surface area contributed by atoms with Crippen LogP contribution in [-0.4, -0.2) is 83.9 Å². The highest BCUT2D eigenvalue weighted by Crippen LogP contribution is 2.26. The van der Waals surface area contributed by atoms with E-state index >= 15 is 0 Å². The van der Waals surface area contributed by atoms with Crippen molar-refractivity contribution in [1.29, 1.82) is 0 Å². The number of Topliss-reactive ketones (excluding diaryl/α,β-unsaturated/α-hetero) is 1. The molecule has 1 heterocycles. The lowest BCUT2D eigenvalue weighted by atomic mass is 9.89. The van der Waals surface area contributed by atoms with Crippen LogP contribution < -0.4 is 10.2 Å². The maximum Gasteiger partial charge on any atom is 0.339 e. The number of esters is 1. The molecule has 0 aliphatic carbocycles. The smallest absolute Gasteiger partial charge is 0.339 e. The predicted octanol–water partition coefficient (Wildman–Crippen LogP) is 4.52. The number of likely N-dealkylation sites (tertiary alicyclic amines) is 1. The van der Waals surface area contributed by atoms with Crippen molar-refractivity contribution in [3.8, 4) is 0 Å². The summed E-state index contributed by atoms with van der Waals surface area (Å²) in [5.41, 5.74) is 2.20. The summed E-state index contributed by atoms with van der Waals surface area (Å²) in [7, 11) is 1.30. The zero-order chi connectivity index (χ0) is 35.2. The van der Waals surface area contributed by atoms with Crippen LogP contribution in [0.15, 0.2) is 84.9 Å². The van der Waals surface area contributed by atoms with Gasteiger partial charge in [0, 0.05) is 54.9 Å². The molecule has 0 unspecified atom stereocenters. The molecule has 48 heavy (non-hydrogen) atoms. The molecule has 12 nitrogen and oxygen atoms in total. The third-order valence-electron chi connectivity index (χ3n) is 7.39. The second-order valence-electron chi connectivity index (χ2n) is 10.7. The lowest BCUT2D eigenvalue weighted by Crippen LogP contribution is -2.43. The van der Waals surface area contributed by atoms with Crippen molar-refractivity contribution in [2.24, 2.45) is 5.92 Å². The van der Waals surface area contributed by atoms with E-state index in [4.69, 9.17) is 14.9 Å². The molecule has 3 aromatic rings. The van der Waals surface area contributed by atoms with E-state index in [1.54, 1.807) is 53.4 Å². The molecule has 1 aliphatic rings. The van der Waals surface area contributed by atoms with Gasteiger partial charge < -0.3 is 30.1 Å². The quantitative estimate of drug-likeness (QED) is 0.151. The maximum atomic E-state index is 13.7. The first-order valence-corrected chi connectivity index (χ1v) is 14.9. The van der Waals surface area contributed by atoms with Gasteiger partial charge >= 0.3 is 17.9 Å². The van der Waals surface area contributed by atoms with Crippen molar-refractivity contribution in [3.05, 3.63) is 107 Å². The minimum atomic E-state index is -1.26. The number of nitrogens with zero attached hydrogens (tertiary/aromatic N) is 2. The third-order valence-corrected chi connectivity index (χ3v) is 7.39. The van der Waals surface area contributed by atoms with Crippen LogP contribution in [0.4, 0.5) is 15.8 Å². The number of para-hydroxylation sites is 1. The van der Waals surface area contributed by atoms with Gasteiger partial charge in [0.05, 0.1) is 18.4 Å². The molecule has 0 bridgehead atoms. The fourth-order valence-electron chi connectivity index (χ4n) is 5.03. The van der Waals surface area contributed by atoms with Crippen molar-refractivity contribution in [1.82, 2.24) is 4.90 Å². The molecular weight excluding hydrogens is 625 g/mol. The zero-order valence-electron chi connectivity index (χ0n) is 26.4. The molecule has 2 amide bonds. The SMILES string of the molecule is COC(=O)c1ccccc1N(CCN1CCC(C(=O)c2ccc(F)cc2)CC1)C(=O)c1ccc(NC(C)=O)cc1.O=C(O)C=CC(=O)O. The molecule has 0 saturated carbocycles. The molecular formula is C35H36FN3O9. The highest BCUT2D eigenvalue weighted by molar-refractivity contribution is 6.10. The summed E-state index contributed by atoms with van der Waals surface area (Å²) in [6.07, 6.45) is 2.44. The van der Waals surface area contributed by atoms with Gasteiger partial charge in [-0.05, 0) is 86.6 Å². The molecule has 0 aromatic heterocycles. The molecule has 3 aromatic carbocycles. The van der Waals surface area contributed by atoms with Crippen LogP contribution in [0, 0.1) is 11.7 Å². The van der Waals surface area contributed by atoms with E-state index in [0.29, 0.717) is 73.7 Å². The van der Waals surface area contributed by atoms with Crippen LogP contribution >= 0.6 is 0 Å². The molecule has 1 fully saturated rings. The topological polar surface area (TPSA) is 171 Å². The van der Waals surface area contributed by atoms with E-state index in [1.165, 1.54) is 38.3 Å². The molecule has 3 N–H and O–H groups in total. The van der Waals surface area contributed by atoms with E-state index in [2.05, 4.69) is 10.2 Å². The number of piperidine rings is 1. The summed E-state index contributed by atoms with van der Waals surface area (Å²) in [5.74, 6) is -4.06. The molecule has 13 heteroatoms. The van der Waals surface area contributed by atoms with E-state index in [1.807, 2.05) is 0 Å². The number of amides is 2. The van der Waals surface area contributed by atoms with Crippen molar-refractivity contribution >= 4 is 46.9 Å².